The summed E-state index contributed by atoms with van der Waals surface area (Å²) in [5.74, 6) is 0.147. The van der Waals surface area contributed by atoms with E-state index in [1.807, 2.05) is 36.4 Å². The van der Waals surface area contributed by atoms with Gasteiger partial charge in [-0.05, 0) is 24.5 Å². The van der Waals surface area contributed by atoms with Crippen molar-refractivity contribution in [2.45, 2.75) is 19.3 Å². The normalized spacial score (nSPS) is 11.7. The van der Waals surface area contributed by atoms with Crippen molar-refractivity contribution in [1.29, 1.82) is 0 Å². The minimum Gasteiger partial charge on any atom is -0.270 e. The highest BCUT2D eigenvalue weighted by molar-refractivity contribution is 7.86. The van der Waals surface area contributed by atoms with Gasteiger partial charge in [-0.15, -0.1) is 0 Å². The van der Waals surface area contributed by atoms with E-state index in [2.05, 4.69) is 24.3 Å². The molecule has 0 aliphatic heterocycles. The molecule has 21 heavy (non-hydrogen) atoms. The summed E-state index contributed by atoms with van der Waals surface area (Å²) in [6.07, 6.45) is 0.632. The third-order valence-corrected chi connectivity index (χ3v) is 4.66. The highest BCUT2D eigenvalue weighted by Crippen LogP contribution is 2.27. The highest BCUT2D eigenvalue weighted by Gasteiger charge is 2.15. The quantitative estimate of drug-likeness (QED) is 0.734. The molecule has 0 N–H and O–H groups in total. The first-order chi connectivity index (χ1) is 10.1. The topological polar surface area (TPSA) is 43.4 Å². The SMILES string of the molecule is CCS(=O)(=O)OCCC(c1ccccc1)c1ccccc1. The molecule has 0 aromatic heterocycles. The molecule has 0 amide bonds. The molecule has 0 heterocycles. The van der Waals surface area contributed by atoms with Gasteiger partial charge in [-0.3, -0.25) is 4.18 Å². The number of rotatable bonds is 7. The van der Waals surface area contributed by atoms with Crippen LogP contribution in [0, 0.1) is 0 Å². The van der Waals surface area contributed by atoms with E-state index >= 15 is 0 Å². The Balaban J connectivity index is 2.14. The van der Waals surface area contributed by atoms with Crippen molar-refractivity contribution in [3.8, 4) is 0 Å². The molecule has 0 spiro atoms. The van der Waals surface area contributed by atoms with E-state index in [0.717, 1.165) is 0 Å². The van der Waals surface area contributed by atoms with E-state index in [-0.39, 0.29) is 18.3 Å². The minimum atomic E-state index is -3.38. The molecule has 0 bridgehead atoms. The molecule has 112 valence electrons. The Labute approximate surface area is 126 Å². The largest absolute Gasteiger partial charge is 0.270 e. The summed E-state index contributed by atoms with van der Waals surface area (Å²) in [6.45, 7) is 1.78. The number of hydrogen-bond donors (Lipinski definition) is 0. The summed E-state index contributed by atoms with van der Waals surface area (Å²) in [5.41, 5.74) is 2.34. The van der Waals surface area contributed by atoms with Gasteiger partial charge in [-0.25, -0.2) is 0 Å². The van der Waals surface area contributed by atoms with Gasteiger partial charge in [0.15, 0.2) is 0 Å². The summed E-state index contributed by atoms with van der Waals surface area (Å²) >= 11 is 0. The molecule has 0 atom stereocenters. The van der Waals surface area contributed by atoms with Crippen LogP contribution in [-0.2, 0) is 14.3 Å². The first-order valence-corrected chi connectivity index (χ1v) is 8.67. The zero-order valence-corrected chi connectivity index (χ0v) is 12.9. The van der Waals surface area contributed by atoms with Crippen LogP contribution in [-0.4, -0.2) is 20.8 Å². The molecule has 0 saturated carbocycles. The monoisotopic (exact) mass is 304 g/mol. The van der Waals surface area contributed by atoms with Gasteiger partial charge in [0.2, 0.25) is 0 Å². The first-order valence-electron chi connectivity index (χ1n) is 7.09. The summed E-state index contributed by atoms with van der Waals surface area (Å²) in [7, 11) is -3.38. The third kappa shape index (κ3) is 4.69. The molecule has 2 aromatic rings. The lowest BCUT2D eigenvalue weighted by molar-refractivity contribution is 0.306. The maximum atomic E-state index is 11.4. The lowest BCUT2D eigenvalue weighted by Crippen LogP contribution is -2.12. The van der Waals surface area contributed by atoms with Gasteiger partial charge in [0.25, 0.3) is 10.1 Å². The first kappa shape index (κ1) is 15.7. The summed E-state index contributed by atoms with van der Waals surface area (Å²) in [5, 5.41) is 0. The van der Waals surface area contributed by atoms with Crippen LogP contribution >= 0.6 is 0 Å². The van der Waals surface area contributed by atoms with Crippen molar-refractivity contribution in [3.63, 3.8) is 0 Å². The molecule has 0 aliphatic carbocycles. The second-order valence-electron chi connectivity index (χ2n) is 4.83. The minimum absolute atomic E-state index is 0.00827. The third-order valence-electron chi connectivity index (χ3n) is 3.43. The molecule has 0 radical (unpaired) electrons. The van der Waals surface area contributed by atoms with Crippen LogP contribution in [0.4, 0.5) is 0 Å². The van der Waals surface area contributed by atoms with Crippen LogP contribution in [0.25, 0.3) is 0 Å². The zero-order chi connectivity index (χ0) is 15.1. The van der Waals surface area contributed by atoms with E-state index in [0.29, 0.717) is 6.42 Å². The second kappa shape index (κ2) is 7.38. The van der Waals surface area contributed by atoms with Gasteiger partial charge >= 0.3 is 0 Å². The van der Waals surface area contributed by atoms with Gasteiger partial charge in [-0.1, -0.05) is 60.7 Å². The molecule has 0 aliphatic rings. The van der Waals surface area contributed by atoms with Crippen LogP contribution in [0.15, 0.2) is 60.7 Å². The van der Waals surface area contributed by atoms with E-state index in [1.165, 1.54) is 11.1 Å². The molecule has 4 heteroatoms. The Morgan fingerprint density at radius 3 is 1.81 bits per heavy atom. The smallest absolute Gasteiger partial charge is 0.267 e. The molecule has 2 rings (SSSR count). The van der Waals surface area contributed by atoms with Crippen molar-refractivity contribution >= 4 is 10.1 Å². The fourth-order valence-electron chi connectivity index (χ4n) is 2.27. The van der Waals surface area contributed by atoms with Crippen molar-refractivity contribution in [3.05, 3.63) is 71.8 Å². The second-order valence-corrected chi connectivity index (χ2v) is 6.76. The average molecular weight is 304 g/mol. The Hall–Kier alpha value is -1.65. The Morgan fingerprint density at radius 1 is 0.905 bits per heavy atom. The molecule has 0 saturated heterocycles. The average Bonchev–Trinajstić information content (AvgIpc) is 2.53. The molecule has 0 unspecified atom stereocenters. The number of hydrogen-bond acceptors (Lipinski definition) is 3. The number of benzene rings is 2. The summed E-state index contributed by atoms with van der Waals surface area (Å²) in [6, 6.07) is 20.2. The van der Waals surface area contributed by atoms with Crippen molar-refractivity contribution in [1.82, 2.24) is 0 Å². The molecule has 3 nitrogen and oxygen atoms in total. The molecular formula is C17H20O3S. The summed E-state index contributed by atoms with van der Waals surface area (Å²) in [4.78, 5) is 0. The van der Waals surface area contributed by atoms with Crippen molar-refractivity contribution < 1.29 is 12.6 Å². The van der Waals surface area contributed by atoms with Crippen LogP contribution < -0.4 is 0 Å². The lowest BCUT2D eigenvalue weighted by atomic mass is 9.89. The predicted octanol–water partition coefficient (Wildman–Crippen LogP) is 3.57. The molecule has 2 aromatic carbocycles. The maximum absolute atomic E-state index is 11.4. The van der Waals surface area contributed by atoms with Gasteiger partial charge < -0.3 is 0 Å². The van der Waals surface area contributed by atoms with Gasteiger partial charge in [0.1, 0.15) is 0 Å². The van der Waals surface area contributed by atoms with E-state index in [9.17, 15) is 8.42 Å². The fraction of sp³-hybridized carbons (Fsp3) is 0.294. The molecular weight excluding hydrogens is 284 g/mol. The van der Waals surface area contributed by atoms with E-state index < -0.39 is 10.1 Å². The van der Waals surface area contributed by atoms with Crippen LogP contribution in [0.1, 0.15) is 30.4 Å². The standard InChI is InChI=1S/C17H20O3S/c1-2-21(18,19)20-14-13-17(15-9-5-3-6-10-15)16-11-7-4-8-12-16/h3-12,17H,2,13-14H2,1H3. The van der Waals surface area contributed by atoms with Crippen molar-refractivity contribution in [2.24, 2.45) is 0 Å². The highest BCUT2D eigenvalue weighted by atomic mass is 32.2. The van der Waals surface area contributed by atoms with E-state index in [4.69, 9.17) is 4.18 Å². The van der Waals surface area contributed by atoms with Gasteiger partial charge in [0, 0.05) is 5.92 Å². The van der Waals surface area contributed by atoms with Crippen LogP contribution in [0.5, 0.6) is 0 Å². The Kier molecular flexibility index (Phi) is 5.53. The van der Waals surface area contributed by atoms with Gasteiger partial charge in [0.05, 0.1) is 12.4 Å². The van der Waals surface area contributed by atoms with Crippen LogP contribution in [0.2, 0.25) is 0 Å². The predicted molar refractivity (Wildman–Crippen MR) is 84.8 cm³/mol. The Morgan fingerprint density at radius 2 is 1.38 bits per heavy atom. The molecule has 0 fully saturated rings. The lowest BCUT2D eigenvalue weighted by Gasteiger charge is -2.18. The van der Waals surface area contributed by atoms with Gasteiger partial charge in [-0.2, -0.15) is 8.42 Å². The van der Waals surface area contributed by atoms with Crippen molar-refractivity contribution in [2.75, 3.05) is 12.4 Å². The fourth-order valence-corrected chi connectivity index (χ4v) is 2.79. The maximum Gasteiger partial charge on any atom is 0.267 e. The van der Waals surface area contributed by atoms with Crippen LogP contribution in [0.3, 0.4) is 0 Å². The van der Waals surface area contributed by atoms with E-state index in [1.54, 1.807) is 6.92 Å². The Bertz CT molecular complexity index is 597. The summed E-state index contributed by atoms with van der Waals surface area (Å²) < 4.78 is 27.9. The zero-order valence-electron chi connectivity index (χ0n) is 12.1.